The third-order valence-electron chi connectivity index (χ3n) is 2.72. The fourth-order valence-electron chi connectivity index (χ4n) is 1.73. The van der Waals surface area contributed by atoms with E-state index in [2.05, 4.69) is 21.2 Å². The Bertz CT molecular complexity index is 604. The Kier molecular flexibility index (Phi) is 5.09. The Morgan fingerprint density at radius 2 is 2.00 bits per heavy atom. The molecule has 0 bridgehead atoms. The molecule has 0 radical (unpaired) electrons. The number of nitrogens with one attached hydrogen (secondary N) is 1. The number of halogens is 3. The van der Waals surface area contributed by atoms with Gasteiger partial charge in [-0.05, 0) is 46.7 Å². The zero-order valence-electron chi connectivity index (χ0n) is 10.9. The van der Waals surface area contributed by atoms with Gasteiger partial charge in [-0.1, -0.05) is 19.1 Å². The van der Waals surface area contributed by atoms with E-state index in [1.165, 1.54) is 24.3 Å². The second-order valence-corrected chi connectivity index (χ2v) is 5.04. The molecular formula is C15H14BrF2NO. The summed E-state index contributed by atoms with van der Waals surface area (Å²) in [5.74, 6) is -0.308. The predicted molar refractivity (Wildman–Crippen MR) is 78.0 cm³/mol. The van der Waals surface area contributed by atoms with Crippen LogP contribution in [0.3, 0.4) is 0 Å². The van der Waals surface area contributed by atoms with Crippen molar-refractivity contribution in [3.05, 3.63) is 58.1 Å². The molecule has 0 unspecified atom stereocenters. The second-order valence-electron chi connectivity index (χ2n) is 4.19. The normalized spacial score (nSPS) is 10.6. The van der Waals surface area contributed by atoms with Crippen molar-refractivity contribution in [1.29, 1.82) is 0 Å². The van der Waals surface area contributed by atoms with Gasteiger partial charge >= 0.3 is 0 Å². The maximum atomic E-state index is 13.9. The summed E-state index contributed by atoms with van der Waals surface area (Å²) < 4.78 is 33.0. The van der Waals surface area contributed by atoms with Gasteiger partial charge in [-0.15, -0.1) is 0 Å². The van der Waals surface area contributed by atoms with Crippen LogP contribution in [0.5, 0.6) is 11.5 Å². The zero-order chi connectivity index (χ0) is 14.5. The molecule has 0 aliphatic heterocycles. The van der Waals surface area contributed by atoms with Crippen molar-refractivity contribution in [1.82, 2.24) is 5.32 Å². The van der Waals surface area contributed by atoms with E-state index in [1.807, 2.05) is 6.92 Å². The lowest BCUT2D eigenvalue weighted by Gasteiger charge is -2.13. The molecule has 2 aromatic carbocycles. The molecule has 0 aliphatic carbocycles. The molecular weight excluding hydrogens is 328 g/mol. The monoisotopic (exact) mass is 341 g/mol. The van der Waals surface area contributed by atoms with Crippen LogP contribution in [-0.2, 0) is 6.54 Å². The first-order chi connectivity index (χ1) is 9.61. The number of ether oxygens (including phenoxy) is 1. The van der Waals surface area contributed by atoms with E-state index in [1.54, 1.807) is 12.1 Å². The molecule has 0 saturated heterocycles. The van der Waals surface area contributed by atoms with Crippen LogP contribution in [0.25, 0.3) is 0 Å². The highest BCUT2D eigenvalue weighted by Gasteiger charge is 2.12. The van der Waals surface area contributed by atoms with Gasteiger partial charge in [0, 0.05) is 12.1 Å². The van der Waals surface area contributed by atoms with E-state index in [0.717, 1.165) is 6.54 Å². The molecule has 20 heavy (non-hydrogen) atoms. The SMILES string of the molecule is CCNCc1cccc(F)c1Oc1ccc(F)cc1Br. The zero-order valence-corrected chi connectivity index (χ0v) is 12.5. The highest BCUT2D eigenvalue weighted by molar-refractivity contribution is 9.10. The number of rotatable bonds is 5. The average molecular weight is 342 g/mol. The third kappa shape index (κ3) is 3.55. The number of hydrogen-bond acceptors (Lipinski definition) is 2. The lowest BCUT2D eigenvalue weighted by Crippen LogP contribution is -2.12. The van der Waals surface area contributed by atoms with E-state index < -0.39 is 5.82 Å². The van der Waals surface area contributed by atoms with E-state index in [-0.39, 0.29) is 11.6 Å². The third-order valence-corrected chi connectivity index (χ3v) is 3.34. The first kappa shape index (κ1) is 14.9. The predicted octanol–water partition coefficient (Wildman–Crippen LogP) is 4.63. The van der Waals surface area contributed by atoms with Crippen LogP contribution in [0.4, 0.5) is 8.78 Å². The average Bonchev–Trinajstić information content (AvgIpc) is 2.42. The number of hydrogen-bond donors (Lipinski definition) is 1. The molecule has 2 rings (SSSR count). The van der Waals surface area contributed by atoms with Gasteiger partial charge in [0.1, 0.15) is 11.6 Å². The summed E-state index contributed by atoms with van der Waals surface area (Å²) in [6, 6.07) is 8.77. The van der Waals surface area contributed by atoms with Crippen molar-refractivity contribution >= 4 is 15.9 Å². The largest absolute Gasteiger partial charge is 0.453 e. The van der Waals surface area contributed by atoms with Gasteiger partial charge in [0.05, 0.1) is 4.47 Å². The summed E-state index contributed by atoms with van der Waals surface area (Å²) in [6.45, 7) is 3.25. The lowest BCUT2D eigenvalue weighted by atomic mass is 10.2. The van der Waals surface area contributed by atoms with Crippen molar-refractivity contribution in [3.8, 4) is 11.5 Å². The summed E-state index contributed by atoms with van der Waals surface area (Å²) in [4.78, 5) is 0. The van der Waals surface area contributed by atoms with Crippen molar-refractivity contribution in [2.24, 2.45) is 0 Å². The molecule has 1 N–H and O–H groups in total. The minimum atomic E-state index is -0.448. The molecule has 2 nitrogen and oxygen atoms in total. The molecule has 0 aromatic heterocycles. The smallest absolute Gasteiger partial charge is 0.167 e. The number of benzene rings is 2. The Morgan fingerprint density at radius 1 is 1.20 bits per heavy atom. The van der Waals surface area contributed by atoms with Gasteiger partial charge in [-0.25, -0.2) is 8.78 Å². The van der Waals surface area contributed by atoms with Gasteiger partial charge in [-0.2, -0.15) is 0 Å². The Balaban J connectivity index is 2.32. The van der Waals surface area contributed by atoms with E-state index in [9.17, 15) is 8.78 Å². The van der Waals surface area contributed by atoms with Crippen molar-refractivity contribution in [3.63, 3.8) is 0 Å². The fourth-order valence-corrected chi connectivity index (χ4v) is 2.17. The highest BCUT2D eigenvalue weighted by Crippen LogP contribution is 2.33. The second kappa shape index (κ2) is 6.81. The Labute approximate surface area is 124 Å². The van der Waals surface area contributed by atoms with Crippen LogP contribution in [0.15, 0.2) is 40.9 Å². The fraction of sp³-hybridized carbons (Fsp3) is 0.200. The van der Waals surface area contributed by atoms with Gasteiger partial charge in [0.2, 0.25) is 0 Å². The molecule has 0 aliphatic rings. The number of para-hydroxylation sites is 1. The standard InChI is InChI=1S/C15H14BrF2NO/c1-2-19-9-10-4-3-5-13(18)15(10)20-14-7-6-11(17)8-12(14)16/h3-8,19H,2,9H2,1H3. The van der Waals surface area contributed by atoms with Crippen LogP contribution >= 0.6 is 15.9 Å². The van der Waals surface area contributed by atoms with Crippen LogP contribution in [0.2, 0.25) is 0 Å². The van der Waals surface area contributed by atoms with Crippen LogP contribution in [-0.4, -0.2) is 6.54 Å². The molecule has 5 heteroatoms. The maximum absolute atomic E-state index is 13.9. The summed E-state index contributed by atoms with van der Waals surface area (Å²) >= 11 is 3.20. The summed E-state index contributed by atoms with van der Waals surface area (Å²) in [7, 11) is 0. The van der Waals surface area contributed by atoms with Gasteiger partial charge in [0.15, 0.2) is 11.6 Å². The first-order valence-electron chi connectivity index (χ1n) is 6.23. The molecule has 0 spiro atoms. The van der Waals surface area contributed by atoms with E-state index in [4.69, 9.17) is 4.74 Å². The van der Waals surface area contributed by atoms with E-state index in [0.29, 0.717) is 22.3 Å². The van der Waals surface area contributed by atoms with Gasteiger partial charge in [-0.3, -0.25) is 0 Å². The molecule has 0 heterocycles. The van der Waals surface area contributed by atoms with Crippen molar-refractivity contribution < 1.29 is 13.5 Å². The van der Waals surface area contributed by atoms with Crippen molar-refractivity contribution in [2.45, 2.75) is 13.5 Å². The topological polar surface area (TPSA) is 21.3 Å². The van der Waals surface area contributed by atoms with Crippen LogP contribution in [0.1, 0.15) is 12.5 Å². The summed E-state index contributed by atoms with van der Waals surface area (Å²) in [6.07, 6.45) is 0. The quantitative estimate of drug-likeness (QED) is 0.856. The van der Waals surface area contributed by atoms with Gasteiger partial charge in [0.25, 0.3) is 0 Å². The van der Waals surface area contributed by atoms with Crippen LogP contribution < -0.4 is 10.1 Å². The molecule has 0 atom stereocenters. The molecule has 0 amide bonds. The van der Waals surface area contributed by atoms with Crippen LogP contribution in [0, 0.1) is 11.6 Å². The molecule has 0 fully saturated rings. The Morgan fingerprint density at radius 3 is 2.70 bits per heavy atom. The molecule has 0 saturated carbocycles. The van der Waals surface area contributed by atoms with Crippen molar-refractivity contribution in [2.75, 3.05) is 6.54 Å². The molecule has 2 aromatic rings. The minimum Gasteiger partial charge on any atom is -0.453 e. The Hall–Kier alpha value is -1.46. The maximum Gasteiger partial charge on any atom is 0.167 e. The van der Waals surface area contributed by atoms with E-state index >= 15 is 0 Å². The summed E-state index contributed by atoms with van der Waals surface area (Å²) in [5.41, 5.74) is 0.711. The molecule has 106 valence electrons. The minimum absolute atomic E-state index is 0.153. The highest BCUT2D eigenvalue weighted by atomic mass is 79.9. The lowest BCUT2D eigenvalue weighted by molar-refractivity contribution is 0.430. The first-order valence-corrected chi connectivity index (χ1v) is 7.02. The summed E-state index contributed by atoms with van der Waals surface area (Å²) in [5, 5.41) is 3.12. The van der Waals surface area contributed by atoms with Gasteiger partial charge < -0.3 is 10.1 Å².